The van der Waals surface area contributed by atoms with Crippen molar-refractivity contribution in [3.05, 3.63) is 52.5 Å². The lowest BCUT2D eigenvalue weighted by atomic mass is 10.3. The van der Waals surface area contributed by atoms with Crippen molar-refractivity contribution in [2.75, 3.05) is 24.7 Å². The van der Waals surface area contributed by atoms with Crippen LogP contribution in [-0.4, -0.2) is 31.9 Å². The molecule has 0 aliphatic carbocycles. The van der Waals surface area contributed by atoms with Crippen LogP contribution in [0.5, 0.6) is 0 Å². The quantitative estimate of drug-likeness (QED) is 0.753. The Morgan fingerprint density at radius 1 is 1.08 bits per heavy atom. The lowest BCUT2D eigenvalue weighted by Crippen LogP contribution is -2.23. The van der Waals surface area contributed by atoms with Crippen molar-refractivity contribution in [3.63, 3.8) is 0 Å². The van der Waals surface area contributed by atoms with Gasteiger partial charge in [-0.2, -0.15) is 0 Å². The number of thiocarbonyl (C=S) groups is 1. The molecule has 0 aliphatic rings. The maximum Gasteiger partial charge on any atom is 0.242 e. The van der Waals surface area contributed by atoms with Gasteiger partial charge in [0.25, 0.3) is 0 Å². The molecule has 0 heterocycles. The van der Waals surface area contributed by atoms with Crippen LogP contribution in [-0.2, 0) is 10.0 Å². The highest BCUT2D eigenvalue weighted by Gasteiger charge is 2.17. The maximum absolute atomic E-state index is 12.2. The number of nitrogens with one attached hydrogen (secondary N) is 2. The van der Waals surface area contributed by atoms with Crippen LogP contribution in [0.4, 0.5) is 11.4 Å². The Labute approximate surface area is 156 Å². The second-order valence-corrected chi connectivity index (χ2v) is 8.42. The van der Waals surface area contributed by atoms with Crippen molar-refractivity contribution in [3.8, 4) is 0 Å². The minimum atomic E-state index is -3.52. The molecule has 0 bridgehead atoms. The van der Waals surface area contributed by atoms with Crippen LogP contribution in [0.3, 0.4) is 0 Å². The number of hydrogen-bond donors (Lipinski definition) is 2. The second kappa shape index (κ2) is 7.67. The normalized spacial score (nSPS) is 11.4. The highest BCUT2D eigenvalue weighted by Crippen LogP contribution is 2.26. The van der Waals surface area contributed by atoms with Crippen molar-refractivity contribution in [1.82, 2.24) is 4.31 Å². The monoisotopic (exact) mass is 403 g/mol. The van der Waals surface area contributed by atoms with E-state index in [4.69, 9.17) is 35.4 Å². The summed E-state index contributed by atoms with van der Waals surface area (Å²) >= 11 is 17.2. The zero-order chi connectivity index (χ0) is 17.9. The van der Waals surface area contributed by atoms with Gasteiger partial charge in [-0.25, -0.2) is 12.7 Å². The molecule has 0 saturated heterocycles. The van der Waals surface area contributed by atoms with E-state index in [1.165, 1.54) is 26.2 Å². The first kappa shape index (κ1) is 19.0. The van der Waals surface area contributed by atoms with Gasteiger partial charge >= 0.3 is 0 Å². The average Bonchev–Trinajstić information content (AvgIpc) is 2.51. The third-order valence-corrected chi connectivity index (χ3v) is 5.63. The van der Waals surface area contributed by atoms with E-state index in [0.29, 0.717) is 21.4 Å². The van der Waals surface area contributed by atoms with Crippen LogP contribution in [0.1, 0.15) is 0 Å². The molecule has 0 unspecified atom stereocenters. The summed E-state index contributed by atoms with van der Waals surface area (Å²) in [6.07, 6.45) is 0. The summed E-state index contributed by atoms with van der Waals surface area (Å²) in [5.74, 6) is 0. The Morgan fingerprint density at radius 2 is 1.79 bits per heavy atom. The molecule has 128 valence electrons. The van der Waals surface area contributed by atoms with Gasteiger partial charge in [-0.1, -0.05) is 29.3 Å². The van der Waals surface area contributed by atoms with Crippen LogP contribution in [0.2, 0.25) is 10.0 Å². The Hall–Kier alpha value is -1.38. The van der Waals surface area contributed by atoms with Gasteiger partial charge in [0.05, 0.1) is 15.6 Å². The molecule has 24 heavy (non-hydrogen) atoms. The standard InChI is InChI=1S/C15H15Cl2N3O2S2/c1-20(2)24(21,22)12-5-3-4-11(9-12)18-15(23)19-14-8-10(16)6-7-13(14)17/h3-9H,1-2H3,(H2,18,19,23). The van der Waals surface area contributed by atoms with Crippen LogP contribution >= 0.6 is 35.4 Å². The molecular formula is C15H15Cl2N3O2S2. The zero-order valence-electron chi connectivity index (χ0n) is 12.9. The summed E-state index contributed by atoms with van der Waals surface area (Å²) in [7, 11) is -0.565. The summed E-state index contributed by atoms with van der Waals surface area (Å²) in [5, 5.41) is 7.09. The zero-order valence-corrected chi connectivity index (χ0v) is 16.0. The summed E-state index contributed by atoms with van der Waals surface area (Å²) in [4.78, 5) is 0.168. The molecule has 0 aliphatic heterocycles. The van der Waals surface area contributed by atoms with Gasteiger partial charge in [-0.3, -0.25) is 0 Å². The summed E-state index contributed by atoms with van der Waals surface area (Å²) in [6, 6.07) is 11.3. The van der Waals surface area contributed by atoms with E-state index in [1.807, 2.05) is 0 Å². The van der Waals surface area contributed by atoms with E-state index >= 15 is 0 Å². The Bertz CT molecular complexity index is 871. The van der Waals surface area contributed by atoms with Crippen molar-refractivity contribution in [2.45, 2.75) is 4.90 Å². The first-order valence-electron chi connectivity index (χ1n) is 6.76. The molecule has 0 aromatic heterocycles. The molecule has 5 nitrogen and oxygen atoms in total. The third kappa shape index (κ3) is 4.58. The van der Waals surface area contributed by atoms with Gasteiger partial charge in [0, 0.05) is 24.8 Å². The van der Waals surface area contributed by atoms with E-state index in [-0.39, 0.29) is 10.0 Å². The molecule has 2 aromatic carbocycles. The van der Waals surface area contributed by atoms with Crippen molar-refractivity contribution in [2.24, 2.45) is 0 Å². The second-order valence-electron chi connectivity index (χ2n) is 5.02. The number of sulfonamides is 1. The third-order valence-electron chi connectivity index (χ3n) is 3.05. The van der Waals surface area contributed by atoms with E-state index in [1.54, 1.807) is 30.3 Å². The van der Waals surface area contributed by atoms with E-state index in [2.05, 4.69) is 10.6 Å². The van der Waals surface area contributed by atoms with E-state index in [9.17, 15) is 8.42 Å². The predicted octanol–water partition coefficient (Wildman–Crippen LogP) is 4.05. The molecule has 2 aromatic rings. The van der Waals surface area contributed by atoms with Gasteiger partial charge in [0.1, 0.15) is 0 Å². The van der Waals surface area contributed by atoms with E-state index in [0.717, 1.165) is 4.31 Å². The average molecular weight is 404 g/mol. The van der Waals surface area contributed by atoms with Crippen LogP contribution < -0.4 is 10.6 Å². The van der Waals surface area contributed by atoms with Crippen LogP contribution in [0.15, 0.2) is 47.4 Å². The largest absolute Gasteiger partial charge is 0.332 e. The van der Waals surface area contributed by atoms with Gasteiger partial charge in [-0.15, -0.1) is 0 Å². The molecule has 0 atom stereocenters. The molecule has 0 saturated carbocycles. The summed E-state index contributed by atoms with van der Waals surface area (Å²) < 4.78 is 25.5. The smallest absolute Gasteiger partial charge is 0.242 e. The maximum atomic E-state index is 12.2. The number of anilines is 2. The minimum absolute atomic E-state index is 0.168. The number of hydrogen-bond acceptors (Lipinski definition) is 3. The predicted molar refractivity (Wildman–Crippen MR) is 104 cm³/mol. The molecule has 2 rings (SSSR count). The number of halogens is 2. The molecular weight excluding hydrogens is 389 g/mol. The lowest BCUT2D eigenvalue weighted by molar-refractivity contribution is 0.521. The van der Waals surface area contributed by atoms with Gasteiger partial charge in [0.15, 0.2) is 5.11 Å². The molecule has 0 radical (unpaired) electrons. The summed E-state index contributed by atoms with van der Waals surface area (Å²) in [5.41, 5.74) is 1.09. The molecule has 0 fully saturated rings. The Morgan fingerprint density at radius 3 is 2.46 bits per heavy atom. The van der Waals surface area contributed by atoms with Crippen LogP contribution in [0.25, 0.3) is 0 Å². The Kier molecular flexibility index (Phi) is 6.06. The topological polar surface area (TPSA) is 61.4 Å². The molecule has 0 spiro atoms. The van der Waals surface area contributed by atoms with Crippen LogP contribution in [0, 0.1) is 0 Å². The SMILES string of the molecule is CN(C)S(=O)(=O)c1cccc(NC(=S)Nc2cc(Cl)ccc2Cl)c1. The molecule has 2 N–H and O–H groups in total. The van der Waals surface area contributed by atoms with Crippen molar-refractivity contribution in [1.29, 1.82) is 0 Å². The fraction of sp³-hybridized carbons (Fsp3) is 0.133. The van der Waals surface area contributed by atoms with Crippen molar-refractivity contribution < 1.29 is 8.42 Å². The number of rotatable bonds is 4. The molecule has 0 amide bonds. The van der Waals surface area contributed by atoms with Gasteiger partial charge in [-0.05, 0) is 48.6 Å². The van der Waals surface area contributed by atoms with E-state index < -0.39 is 10.0 Å². The first-order chi connectivity index (χ1) is 11.2. The number of nitrogens with zero attached hydrogens (tertiary/aromatic N) is 1. The number of benzene rings is 2. The molecule has 9 heteroatoms. The fourth-order valence-corrected chi connectivity index (χ4v) is 3.34. The van der Waals surface area contributed by atoms with Crippen molar-refractivity contribution >= 4 is 61.9 Å². The first-order valence-corrected chi connectivity index (χ1v) is 9.36. The summed E-state index contributed by atoms with van der Waals surface area (Å²) in [6.45, 7) is 0. The van der Waals surface area contributed by atoms with Gasteiger partial charge in [0.2, 0.25) is 10.0 Å². The fourth-order valence-electron chi connectivity index (χ4n) is 1.82. The highest BCUT2D eigenvalue weighted by atomic mass is 35.5. The highest BCUT2D eigenvalue weighted by molar-refractivity contribution is 7.89. The lowest BCUT2D eigenvalue weighted by Gasteiger charge is -2.14. The minimum Gasteiger partial charge on any atom is -0.332 e. The Balaban J connectivity index is 2.17. The van der Waals surface area contributed by atoms with Gasteiger partial charge < -0.3 is 10.6 Å².